The van der Waals surface area contributed by atoms with Crippen LogP contribution >= 0.6 is 0 Å². The fourth-order valence-electron chi connectivity index (χ4n) is 2.71. The molecule has 21 heavy (non-hydrogen) atoms. The van der Waals surface area contributed by atoms with Gasteiger partial charge in [0.1, 0.15) is 5.84 Å². The van der Waals surface area contributed by atoms with Crippen molar-refractivity contribution < 1.29 is 19.1 Å². The molecule has 6 heteroatoms. The fraction of sp³-hybridized carbons (Fsp3) is 0.533. The van der Waals surface area contributed by atoms with Crippen LogP contribution in [0.15, 0.2) is 23.2 Å². The molecular weight excluding hydrogens is 278 g/mol. The number of hydrogen-bond donors (Lipinski definition) is 3. The molecule has 0 radical (unpaired) electrons. The van der Waals surface area contributed by atoms with Crippen LogP contribution in [0.4, 0.5) is 14.5 Å². The summed E-state index contributed by atoms with van der Waals surface area (Å²) in [6, 6.07) is 3.23. The number of rotatable bonds is 4. The zero-order chi connectivity index (χ0) is 15.2. The number of aliphatic hydroxyl groups excluding tert-OH is 1. The molecular formula is C15H20F2N2O2. The van der Waals surface area contributed by atoms with E-state index >= 15 is 0 Å². The van der Waals surface area contributed by atoms with Gasteiger partial charge in [0.15, 0.2) is 11.6 Å². The summed E-state index contributed by atoms with van der Waals surface area (Å²) in [6.45, 7) is 0. The summed E-state index contributed by atoms with van der Waals surface area (Å²) in [4.78, 5) is 4.00. The van der Waals surface area contributed by atoms with E-state index in [4.69, 9.17) is 5.21 Å². The van der Waals surface area contributed by atoms with E-state index in [2.05, 4.69) is 4.99 Å². The van der Waals surface area contributed by atoms with Crippen molar-refractivity contribution in [2.75, 3.05) is 0 Å². The molecule has 1 aromatic carbocycles. The third kappa shape index (κ3) is 4.47. The lowest BCUT2D eigenvalue weighted by Gasteiger charge is -2.26. The lowest BCUT2D eigenvalue weighted by atomic mass is 9.84. The van der Waals surface area contributed by atoms with Crippen molar-refractivity contribution in [2.24, 2.45) is 10.9 Å². The Morgan fingerprint density at radius 1 is 1.24 bits per heavy atom. The largest absolute Gasteiger partial charge is 0.392 e. The molecule has 1 aromatic rings. The lowest BCUT2D eigenvalue weighted by Crippen LogP contribution is -2.30. The number of benzene rings is 1. The molecule has 1 aliphatic rings. The summed E-state index contributed by atoms with van der Waals surface area (Å²) in [7, 11) is 0. The molecule has 1 atom stereocenters. The first kappa shape index (κ1) is 15.9. The Morgan fingerprint density at radius 2 is 1.95 bits per heavy atom. The summed E-state index contributed by atoms with van der Waals surface area (Å²) in [5, 5.41) is 19.3. The summed E-state index contributed by atoms with van der Waals surface area (Å²) in [6.07, 6.45) is 4.87. The second-order valence-electron chi connectivity index (χ2n) is 5.44. The van der Waals surface area contributed by atoms with E-state index < -0.39 is 17.7 Å². The Hall–Kier alpha value is -1.53. The first-order valence-electron chi connectivity index (χ1n) is 7.21. The number of aliphatic hydroxyl groups is 1. The van der Waals surface area contributed by atoms with E-state index in [9.17, 15) is 13.9 Å². The van der Waals surface area contributed by atoms with Crippen LogP contribution in [0, 0.1) is 17.6 Å². The molecule has 0 saturated heterocycles. The molecule has 0 aromatic heterocycles. The maximum atomic E-state index is 13.1. The van der Waals surface area contributed by atoms with Crippen molar-refractivity contribution in [2.45, 2.75) is 44.6 Å². The lowest BCUT2D eigenvalue weighted by molar-refractivity contribution is 0.0875. The molecule has 3 N–H and O–H groups in total. The topological polar surface area (TPSA) is 64.8 Å². The second-order valence-corrected chi connectivity index (χ2v) is 5.44. The van der Waals surface area contributed by atoms with Gasteiger partial charge in [-0.15, -0.1) is 0 Å². The predicted molar refractivity (Wildman–Crippen MR) is 75.6 cm³/mol. The molecule has 0 bridgehead atoms. The van der Waals surface area contributed by atoms with Gasteiger partial charge in [-0.25, -0.2) is 13.8 Å². The SMILES string of the molecule is ONC(CC(O)C1CCCCC1)=Nc1ccc(F)c(F)c1. The first-order valence-corrected chi connectivity index (χ1v) is 7.21. The van der Waals surface area contributed by atoms with Crippen molar-refractivity contribution in [1.82, 2.24) is 5.48 Å². The predicted octanol–water partition coefficient (Wildman–Crippen LogP) is 3.30. The minimum atomic E-state index is -0.999. The molecule has 0 heterocycles. The molecule has 1 saturated carbocycles. The van der Waals surface area contributed by atoms with Crippen LogP contribution in [0.5, 0.6) is 0 Å². The van der Waals surface area contributed by atoms with Crippen LogP contribution in [0.3, 0.4) is 0 Å². The van der Waals surface area contributed by atoms with E-state index in [1.54, 1.807) is 0 Å². The average Bonchev–Trinajstić information content (AvgIpc) is 2.51. The Morgan fingerprint density at radius 3 is 2.57 bits per heavy atom. The number of hydroxylamine groups is 1. The monoisotopic (exact) mass is 298 g/mol. The maximum absolute atomic E-state index is 13.1. The smallest absolute Gasteiger partial charge is 0.160 e. The van der Waals surface area contributed by atoms with E-state index in [1.165, 1.54) is 12.5 Å². The van der Waals surface area contributed by atoms with Crippen molar-refractivity contribution in [3.8, 4) is 0 Å². The minimum Gasteiger partial charge on any atom is -0.392 e. The van der Waals surface area contributed by atoms with Gasteiger partial charge in [-0.1, -0.05) is 19.3 Å². The number of halogens is 2. The molecule has 0 amide bonds. The highest BCUT2D eigenvalue weighted by atomic mass is 19.2. The Bertz CT molecular complexity index is 502. The maximum Gasteiger partial charge on any atom is 0.160 e. The minimum absolute atomic E-state index is 0.138. The van der Waals surface area contributed by atoms with Crippen LogP contribution < -0.4 is 5.48 Å². The number of amidine groups is 1. The van der Waals surface area contributed by atoms with Crippen LogP contribution in [-0.4, -0.2) is 22.3 Å². The van der Waals surface area contributed by atoms with Crippen LogP contribution in [0.2, 0.25) is 0 Å². The Labute approximate surface area is 122 Å². The van der Waals surface area contributed by atoms with Crippen LogP contribution in [-0.2, 0) is 0 Å². The summed E-state index contributed by atoms with van der Waals surface area (Å²) in [5.41, 5.74) is 2.11. The molecule has 4 nitrogen and oxygen atoms in total. The van der Waals surface area contributed by atoms with Crippen molar-refractivity contribution in [3.63, 3.8) is 0 Å². The Balaban J connectivity index is 2.03. The third-order valence-corrected chi connectivity index (χ3v) is 3.89. The third-order valence-electron chi connectivity index (χ3n) is 3.89. The summed E-state index contributed by atoms with van der Waals surface area (Å²) < 4.78 is 26.0. The second kappa shape index (κ2) is 7.47. The highest BCUT2D eigenvalue weighted by molar-refractivity contribution is 5.84. The van der Waals surface area contributed by atoms with Gasteiger partial charge in [0.05, 0.1) is 11.8 Å². The van der Waals surface area contributed by atoms with Gasteiger partial charge < -0.3 is 5.11 Å². The van der Waals surface area contributed by atoms with E-state index in [0.717, 1.165) is 37.8 Å². The van der Waals surface area contributed by atoms with Crippen molar-refractivity contribution >= 4 is 11.5 Å². The molecule has 1 fully saturated rings. The highest BCUT2D eigenvalue weighted by Gasteiger charge is 2.23. The van der Waals surface area contributed by atoms with E-state index in [-0.39, 0.29) is 23.9 Å². The quantitative estimate of drug-likeness (QED) is 0.454. The van der Waals surface area contributed by atoms with Crippen molar-refractivity contribution in [3.05, 3.63) is 29.8 Å². The van der Waals surface area contributed by atoms with Gasteiger partial charge in [-0.2, -0.15) is 0 Å². The standard InChI is InChI=1S/C15H20F2N2O2/c16-12-7-6-11(8-13(12)17)18-15(19-21)9-14(20)10-4-2-1-3-5-10/h6-8,10,14,20-21H,1-5,9H2,(H,18,19). The van der Waals surface area contributed by atoms with Gasteiger partial charge in [0.2, 0.25) is 0 Å². The average molecular weight is 298 g/mol. The van der Waals surface area contributed by atoms with Crippen LogP contribution in [0.25, 0.3) is 0 Å². The van der Waals surface area contributed by atoms with Gasteiger partial charge in [0, 0.05) is 12.5 Å². The summed E-state index contributed by atoms with van der Waals surface area (Å²) in [5.74, 6) is -1.61. The van der Waals surface area contributed by atoms with Gasteiger partial charge in [-0.05, 0) is 30.9 Å². The van der Waals surface area contributed by atoms with E-state index in [0.29, 0.717) is 0 Å². The molecule has 0 spiro atoms. The summed E-state index contributed by atoms with van der Waals surface area (Å²) >= 11 is 0. The zero-order valence-corrected chi connectivity index (χ0v) is 11.7. The number of nitrogens with one attached hydrogen (secondary N) is 1. The van der Waals surface area contributed by atoms with Gasteiger partial charge in [-0.3, -0.25) is 10.7 Å². The van der Waals surface area contributed by atoms with Crippen LogP contribution in [0.1, 0.15) is 38.5 Å². The first-order chi connectivity index (χ1) is 10.1. The normalized spacial score (nSPS) is 18.6. The van der Waals surface area contributed by atoms with Gasteiger partial charge >= 0.3 is 0 Å². The number of nitrogens with zero attached hydrogens (tertiary/aromatic N) is 1. The van der Waals surface area contributed by atoms with Gasteiger partial charge in [0.25, 0.3) is 0 Å². The number of hydrogen-bond acceptors (Lipinski definition) is 3. The molecule has 0 aliphatic heterocycles. The Kier molecular flexibility index (Phi) is 5.64. The highest BCUT2D eigenvalue weighted by Crippen LogP contribution is 2.28. The number of aliphatic imine (C=N–C) groups is 1. The molecule has 1 aliphatic carbocycles. The van der Waals surface area contributed by atoms with E-state index in [1.807, 2.05) is 5.48 Å². The fourth-order valence-corrected chi connectivity index (χ4v) is 2.71. The zero-order valence-electron chi connectivity index (χ0n) is 11.7. The molecule has 1 unspecified atom stereocenters. The molecule has 116 valence electrons. The van der Waals surface area contributed by atoms with Crippen molar-refractivity contribution in [1.29, 1.82) is 0 Å². The molecule has 2 rings (SSSR count).